The van der Waals surface area contributed by atoms with Crippen LogP contribution < -0.4 is 0 Å². The topological polar surface area (TPSA) is 51.7 Å². The van der Waals surface area contributed by atoms with Gasteiger partial charge in [-0.2, -0.15) is 0 Å². The highest BCUT2D eigenvalue weighted by atomic mass is 16.5. The second-order valence-electron chi connectivity index (χ2n) is 4.67. The van der Waals surface area contributed by atoms with Gasteiger partial charge in [-0.15, -0.1) is 0 Å². The molecule has 1 fully saturated rings. The maximum atomic E-state index is 12.0. The summed E-state index contributed by atoms with van der Waals surface area (Å²) in [4.78, 5) is 18.0. The van der Waals surface area contributed by atoms with E-state index in [0.717, 1.165) is 11.3 Å². The standard InChI is InChI=1S/C14H20N2O3/c1-11-9-12(3-5-15-11)13-10-16(6-8-19-13)14(17)4-7-18-2/h3,5,9,13H,4,6-8,10H2,1-2H3/t13-/m0/s1. The van der Waals surface area contributed by atoms with E-state index in [-0.39, 0.29) is 12.0 Å². The van der Waals surface area contributed by atoms with Crippen molar-refractivity contribution in [3.05, 3.63) is 29.6 Å². The Bertz CT molecular complexity index is 436. The summed E-state index contributed by atoms with van der Waals surface area (Å²) in [5.74, 6) is 0.126. The van der Waals surface area contributed by atoms with Gasteiger partial charge in [0.15, 0.2) is 0 Å². The number of nitrogens with zero attached hydrogens (tertiary/aromatic N) is 2. The van der Waals surface area contributed by atoms with E-state index in [2.05, 4.69) is 4.98 Å². The number of rotatable bonds is 4. The van der Waals surface area contributed by atoms with E-state index in [4.69, 9.17) is 9.47 Å². The van der Waals surface area contributed by atoms with Gasteiger partial charge in [-0.1, -0.05) is 0 Å². The number of ether oxygens (including phenoxy) is 2. The predicted octanol–water partition coefficient (Wildman–Crippen LogP) is 1.33. The van der Waals surface area contributed by atoms with Crippen molar-refractivity contribution in [2.24, 2.45) is 0 Å². The molecule has 5 nitrogen and oxygen atoms in total. The lowest BCUT2D eigenvalue weighted by Gasteiger charge is -2.33. The molecule has 2 heterocycles. The molecule has 1 aliphatic rings. The molecule has 1 saturated heterocycles. The van der Waals surface area contributed by atoms with Crippen LogP contribution in [0.5, 0.6) is 0 Å². The van der Waals surface area contributed by atoms with E-state index in [1.807, 2.05) is 24.0 Å². The quantitative estimate of drug-likeness (QED) is 0.823. The van der Waals surface area contributed by atoms with E-state index in [1.165, 1.54) is 0 Å². The molecule has 0 radical (unpaired) electrons. The fourth-order valence-electron chi connectivity index (χ4n) is 2.19. The van der Waals surface area contributed by atoms with Crippen LogP contribution in [0.15, 0.2) is 18.3 Å². The van der Waals surface area contributed by atoms with Gasteiger partial charge in [0, 0.05) is 25.5 Å². The first kappa shape index (κ1) is 14.0. The van der Waals surface area contributed by atoms with E-state index in [1.54, 1.807) is 13.3 Å². The number of aryl methyl sites for hydroxylation is 1. The molecule has 19 heavy (non-hydrogen) atoms. The molecule has 5 heteroatoms. The summed E-state index contributed by atoms with van der Waals surface area (Å²) in [5, 5.41) is 0. The number of aromatic nitrogens is 1. The van der Waals surface area contributed by atoms with Gasteiger partial charge < -0.3 is 14.4 Å². The lowest BCUT2D eigenvalue weighted by atomic mass is 10.1. The second-order valence-corrected chi connectivity index (χ2v) is 4.67. The van der Waals surface area contributed by atoms with Crippen LogP contribution in [0, 0.1) is 6.92 Å². The Morgan fingerprint density at radius 2 is 2.47 bits per heavy atom. The van der Waals surface area contributed by atoms with Gasteiger partial charge in [0.1, 0.15) is 6.10 Å². The number of hydrogen-bond acceptors (Lipinski definition) is 4. The minimum absolute atomic E-state index is 0.0538. The lowest BCUT2D eigenvalue weighted by molar-refractivity contribution is -0.139. The van der Waals surface area contributed by atoms with Crippen LogP contribution in [0.2, 0.25) is 0 Å². The normalized spacial score (nSPS) is 19.5. The van der Waals surface area contributed by atoms with Crippen LogP contribution in [-0.2, 0) is 14.3 Å². The average Bonchev–Trinajstić information content (AvgIpc) is 2.45. The Kier molecular flexibility index (Phi) is 4.87. The van der Waals surface area contributed by atoms with E-state index in [9.17, 15) is 4.79 Å². The Morgan fingerprint density at radius 3 is 3.21 bits per heavy atom. The molecule has 1 aromatic rings. The van der Waals surface area contributed by atoms with Crippen molar-refractivity contribution in [2.75, 3.05) is 33.4 Å². The molecule has 1 amide bonds. The molecule has 0 N–H and O–H groups in total. The van der Waals surface area contributed by atoms with Crippen molar-refractivity contribution in [1.29, 1.82) is 0 Å². The van der Waals surface area contributed by atoms with Crippen molar-refractivity contribution >= 4 is 5.91 Å². The maximum Gasteiger partial charge on any atom is 0.225 e. The molecule has 0 spiro atoms. The van der Waals surface area contributed by atoms with Crippen molar-refractivity contribution in [1.82, 2.24) is 9.88 Å². The van der Waals surface area contributed by atoms with Crippen LogP contribution in [0.25, 0.3) is 0 Å². The smallest absolute Gasteiger partial charge is 0.225 e. The molecule has 0 aromatic carbocycles. The number of hydrogen-bond donors (Lipinski definition) is 0. The summed E-state index contributed by atoms with van der Waals surface area (Å²) in [5.41, 5.74) is 2.04. The summed E-state index contributed by atoms with van der Waals surface area (Å²) in [6, 6.07) is 3.95. The molecule has 0 saturated carbocycles. The summed E-state index contributed by atoms with van der Waals surface area (Å²) < 4.78 is 10.7. The largest absolute Gasteiger partial charge is 0.384 e. The Morgan fingerprint density at radius 1 is 1.63 bits per heavy atom. The highest BCUT2D eigenvalue weighted by Gasteiger charge is 2.25. The van der Waals surface area contributed by atoms with Gasteiger partial charge in [-0.3, -0.25) is 9.78 Å². The minimum Gasteiger partial charge on any atom is -0.384 e. The van der Waals surface area contributed by atoms with Gasteiger partial charge in [0.2, 0.25) is 5.91 Å². The first-order valence-corrected chi connectivity index (χ1v) is 6.51. The predicted molar refractivity (Wildman–Crippen MR) is 70.7 cm³/mol. The number of morpholine rings is 1. The molecule has 1 atom stereocenters. The molecular formula is C14H20N2O3. The summed E-state index contributed by atoms with van der Waals surface area (Å²) in [6.07, 6.45) is 2.15. The van der Waals surface area contributed by atoms with Gasteiger partial charge in [0.25, 0.3) is 0 Å². The molecule has 104 valence electrons. The molecule has 0 unspecified atom stereocenters. The maximum absolute atomic E-state index is 12.0. The first-order chi connectivity index (χ1) is 9.20. The molecule has 0 bridgehead atoms. The fourth-order valence-corrected chi connectivity index (χ4v) is 2.19. The van der Waals surface area contributed by atoms with Crippen molar-refractivity contribution in [3.8, 4) is 0 Å². The third-order valence-corrected chi connectivity index (χ3v) is 3.23. The fraction of sp³-hybridized carbons (Fsp3) is 0.571. The lowest BCUT2D eigenvalue weighted by Crippen LogP contribution is -2.42. The van der Waals surface area contributed by atoms with Gasteiger partial charge in [-0.05, 0) is 24.6 Å². The number of carbonyl (C=O) groups is 1. The monoisotopic (exact) mass is 264 g/mol. The van der Waals surface area contributed by atoms with Crippen LogP contribution in [0.4, 0.5) is 0 Å². The second kappa shape index (κ2) is 6.63. The highest BCUT2D eigenvalue weighted by Crippen LogP contribution is 2.22. The van der Waals surface area contributed by atoms with E-state index < -0.39 is 0 Å². The van der Waals surface area contributed by atoms with Crippen LogP contribution in [0.3, 0.4) is 0 Å². The van der Waals surface area contributed by atoms with E-state index >= 15 is 0 Å². The highest BCUT2D eigenvalue weighted by molar-refractivity contribution is 5.76. The van der Waals surface area contributed by atoms with Crippen molar-refractivity contribution in [2.45, 2.75) is 19.4 Å². The minimum atomic E-state index is -0.0538. The Balaban J connectivity index is 1.99. The summed E-state index contributed by atoms with van der Waals surface area (Å²) in [6.45, 7) is 4.25. The number of pyridine rings is 1. The zero-order chi connectivity index (χ0) is 13.7. The van der Waals surface area contributed by atoms with Crippen LogP contribution in [-0.4, -0.2) is 49.2 Å². The molecule has 1 aromatic heterocycles. The number of carbonyl (C=O) groups excluding carboxylic acids is 1. The number of amides is 1. The Hall–Kier alpha value is -1.46. The summed E-state index contributed by atoms with van der Waals surface area (Å²) >= 11 is 0. The van der Waals surface area contributed by atoms with Gasteiger partial charge in [0.05, 0.1) is 26.2 Å². The van der Waals surface area contributed by atoms with Crippen molar-refractivity contribution in [3.63, 3.8) is 0 Å². The van der Waals surface area contributed by atoms with Gasteiger partial charge >= 0.3 is 0 Å². The van der Waals surface area contributed by atoms with Crippen LogP contribution >= 0.6 is 0 Å². The zero-order valence-corrected chi connectivity index (χ0v) is 11.5. The molecule has 2 rings (SSSR count). The molecule has 0 aliphatic carbocycles. The summed E-state index contributed by atoms with van der Waals surface area (Å²) in [7, 11) is 1.61. The SMILES string of the molecule is COCCC(=O)N1CCO[C@H](c2ccnc(C)c2)C1. The number of methoxy groups -OCH3 is 1. The third kappa shape index (κ3) is 3.75. The van der Waals surface area contributed by atoms with Gasteiger partial charge in [-0.25, -0.2) is 0 Å². The molecular weight excluding hydrogens is 244 g/mol. The zero-order valence-electron chi connectivity index (χ0n) is 11.5. The third-order valence-electron chi connectivity index (χ3n) is 3.23. The van der Waals surface area contributed by atoms with Crippen molar-refractivity contribution < 1.29 is 14.3 Å². The average molecular weight is 264 g/mol. The molecule has 1 aliphatic heterocycles. The van der Waals surface area contributed by atoms with E-state index in [0.29, 0.717) is 32.7 Å². The Labute approximate surface area is 113 Å². The van der Waals surface area contributed by atoms with Crippen LogP contribution in [0.1, 0.15) is 23.8 Å². The first-order valence-electron chi connectivity index (χ1n) is 6.51.